The fraction of sp³-hybridized carbons (Fsp3) is 0.350. The van der Waals surface area contributed by atoms with Crippen LogP contribution in [0.2, 0.25) is 0 Å². The van der Waals surface area contributed by atoms with E-state index in [1.54, 1.807) is 13.1 Å². The first-order chi connectivity index (χ1) is 13.6. The van der Waals surface area contributed by atoms with Gasteiger partial charge in [0, 0.05) is 39.8 Å². The zero-order valence-electron chi connectivity index (χ0n) is 15.7. The molecular weight excluding hydrogens is 392 g/mol. The highest BCUT2D eigenvalue weighted by atomic mass is 32.2. The van der Waals surface area contributed by atoms with Crippen LogP contribution in [0.1, 0.15) is 5.56 Å². The Balaban J connectivity index is 1.32. The third-order valence-electron chi connectivity index (χ3n) is 4.96. The molecule has 0 N–H and O–H groups in total. The van der Waals surface area contributed by atoms with Crippen molar-refractivity contribution >= 4 is 39.2 Å². The number of piperazine rings is 1. The zero-order chi connectivity index (χ0) is 19.5. The maximum atomic E-state index is 12.6. The summed E-state index contributed by atoms with van der Waals surface area (Å²) in [5, 5.41) is 3.10. The van der Waals surface area contributed by atoms with Gasteiger partial charge < -0.3 is 4.90 Å². The molecule has 0 spiro atoms. The highest BCUT2D eigenvalue weighted by Crippen LogP contribution is 2.21. The molecule has 0 atom stereocenters. The van der Waals surface area contributed by atoms with E-state index in [1.807, 2.05) is 16.3 Å². The molecule has 0 bridgehead atoms. The molecule has 3 aromatic rings. The number of thiophene rings is 1. The van der Waals surface area contributed by atoms with Crippen molar-refractivity contribution in [3.63, 3.8) is 0 Å². The Hall–Kier alpha value is -2.16. The van der Waals surface area contributed by atoms with Gasteiger partial charge >= 0.3 is 0 Å². The number of thioether (sulfide) groups is 1. The first-order valence-corrected chi connectivity index (χ1v) is 11.1. The summed E-state index contributed by atoms with van der Waals surface area (Å²) in [4.78, 5) is 34.5. The molecule has 146 valence electrons. The molecule has 8 heteroatoms. The lowest BCUT2D eigenvalue weighted by Gasteiger charge is -2.34. The molecule has 1 saturated heterocycles. The van der Waals surface area contributed by atoms with Crippen LogP contribution in [-0.4, -0.2) is 57.2 Å². The number of amides is 1. The van der Waals surface area contributed by atoms with E-state index in [0.29, 0.717) is 16.3 Å². The molecule has 0 aliphatic carbocycles. The minimum Gasteiger partial charge on any atom is -0.339 e. The van der Waals surface area contributed by atoms with Gasteiger partial charge in [0.25, 0.3) is 5.56 Å². The van der Waals surface area contributed by atoms with E-state index in [1.165, 1.54) is 33.2 Å². The number of benzene rings is 1. The summed E-state index contributed by atoms with van der Waals surface area (Å²) in [5.74, 6) is 0.403. The number of carbonyl (C=O) groups excluding carboxylic acids is 1. The fourth-order valence-corrected chi connectivity index (χ4v) is 5.00. The molecule has 4 rings (SSSR count). The predicted octanol–water partition coefficient (Wildman–Crippen LogP) is 2.43. The predicted molar refractivity (Wildman–Crippen MR) is 114 cm³/mol. The molecule has 1 amide bonds. The number of carbonyl (C=O) groups is 1. The summed E-state index contributed by atoms with van der Waals surface area (Å²) >= 11 is 2.79. The molecule has 0 radical (unpaired) electrons. The summed E-state index contributed by atoms with van der Waals surface area (Å²) in [7, 11) is 1.71. The Kier molecular flexibility index (Phi) is 5.79. The Morgan fingerprint density at radius 1 is 1.14 bits per heavy atom. The molecule has 1 aliphatic rings. The Bertz CT molecular complexity index is 1020. The molecule has 1 fully saturated rings. The van der Waals surface area contributed by atoms with Crippen LogP contribution in [0.4, 0.5) is 0 Å². The SMILES string of the molecule is Cn1c(SCC(=O)N2CCN(Cc3ccccc3)CC2)nc2sccc2c1=O. The summed E-state index contributed by atoms with van der Waals surface area (Å²) < 4.78 is 1.53. The minimum atomic E-state index is -0.0595. The fourth-order valence-electron chi connectivity index (χ4n) is 3.32. The minimum absolute atomic E-state index is 0.0595. The van der Waals surface area contributed by atoms with Gasteiger partial charge in [-0.15, -0.1) is 11.3 Å². The third-order valence-corrected chi connectivity index (χ3v) is 6.78. The average molecular weight is 415 g/mol. The van der Waals surface area contributed by atoms with Gasteiger partial charge in [0.05, 0.1) is 11.1 Å². The van der Waals surface area contributed by atoms with Gasteiger partial charge in [0.1, 0.15) is 4.83 Å². The molecule has 3 heterocycles. The standard InChI is InChI=1S/C20H22N4O2S2/c1-22-19(26)16-7-12-27-18(16)21-20(22)28-14-17(25)24-10-8-23(9-11-24)13-15-5-3-2-4-6-15/h2-7,12H,8-11,13-14H2,1H3. The van der Waals surface area contributed by atoms with Crippen LogP contribution in [0.15, 0.2) is 51.7 Å². The van der Waals surface area contributed by atoms with Crippen molar-refractivity contribution in [2.45, 2.75) is 11.7 Å². The van der Waals surface area contributed by atoms with Crippen molar-refractivity contribution in [2.24, 2.45) is 7.05 Å². The zero-order valence-corrected chi connectivity index (χ0v) is 17.3. The number of hydrogen-bond donors (Lipinski definition) is 0. The summed E-state index contributed by atoms with van der Waals surface area (Å²) in [5.41, 5.74) is 1.24. The molecule has 2 aromatic heterocycles. The van der Waals surface area contributed by atoms with Crippen LogP contribution >= 0.6 is 23.1 Å². The smallest absolute Gasteiger partial charge is 0.262 e. The highest BCUT2D eigenvalue weighted by molar-refractivity contribution is 7.99. The van der Waals surface area contributed by atoms with Crippen LogP contribution in [-0.2, 0) is 18.4 Å². The van der Waals surface area contributed by atoms with Gasteiger partial charge in [0.2, 0.25) is 5.91 Å². The van der Waals surface area contributed by atoms with Crippen LogP contribution in [0, 0.1) is 0 Å². The summed E-state index contributed by atoms with van der Waals surface area (Å²) in [6.45, 7) is 4.15. The van der Waals surface area contributed by atoms with E-state index in [0.717, 1.165) is 37.6 Å². The maximum Gasteiger partial charge on any atom is 0.262 e. The van der Waals surface area contributed by atoms with Crippen molar-refractivity contribution in [2.75, 3.05) is 31.9 Å². The van der Waals surface area contributed by atoms with Gasteiger partial charge in [-0.25, -0.2) is 4.98 Å². The Morgan fingerprint density at radius 3 is 2.64 bits per heavy atom. The van der Waals surface area contributed by atoms with Gasteiger partial charge in [-0.3, -0.25) is 19.1 Å². The highest BCUT2D eigenvalue weighted by Gasteiger charge is 2.22. The van der Waals surface area contributed by atoms with Gasteiger partial charge in [0.15, 0.2) is 5.16 Å². The van der Waals surface area contributed by atoms with Crippen molar-refractivity contribution in [1.82, 2.24) is 19.4 Å². The van der Waals surface area contributed by atoms with Gasteiger partial charge in [-0.2, -0.15) is 0 Å². The normalized spacial score (nSPS) is 15.2. The lowest BCUT2D eigenvalue weighted by molar-refractivity contribution is -0.130. The van der Waals surface area contributed by atoms with E-state index in [4.69, 9.17) is 0 Å². The van der Waals surface area contributed by atoms with Crippen molar-refractivity contribution in [3.8, 4) is 0 Å². The van der Waals surface area contributed by atoms with Crippen LogP contribution in [0.25, 0.3) is 10.2 Å². The maximum absolute atomic E-state index is 12.6. The lowest BCUT2D eigenvalue weighted by atomic mass is 10.2. The largest absolute Gasteiger partial charge is 0.339 e. The number of nitrogens with zero attached hydrogens (tertiary/aromatic N) is 4. The van der Waals surface area contributed by atoms with E-state index < -0.39 is 0 Å². The monoisotopic (exact) mass is 414 g/mol. The van der Waals surface area contributed by atoms with Crippen molar-refractivity contribution in [1.29, 1.82) is 0 Å². The second kappa shape index (κ2) is 8.46. The molecule has 6 nitrogen and oxygen atoms in total. The Labute approximate surface area is 171 Å². The van der Waals surface area contributed by atoms with E-state index in [9.17, 15) is 9.59 Å². The van der Waals surface area contributed by atoms with Crippen LogP contribution in [0.3, 0.4) is 0 Å². The van der Waals surface area contributed by atoms with E-state index >= 15 is 0 Å². The average Bonchev–Trinajstić information content (AvgIpc) is 3.19. The number of hydrogen-bond acceptors (Lipinski definition) is 6. The van der Waals surface area contributed by atoms with Crippen molar-refractivity contribution < 1.29 is 4.79 Å². The first-order valence-electron chi connectivity index (χ1n) is 9.23. The quantitative estimate of drug-likeness (QED) is 0.474. The summed E-state index contributed by atoms with van der Waals surface area (Å²) in [6, 6.07) is 12.2. The summed E-state index contributed by atoms with van der Waals surface area (Å²) in [6.07, 6.45) is 0. The number of aromatic nitrogens is 2. The number of fused-ring (bicyclic) bond motifs is 1. The van der Waals surface area contributed by atoms with Crippen LogP contribution < -0.4 is 5.56 Å². The second-order valence-corrected chi connectivity index (χ2v) is 8.67. The second-order valence-electron chi connectivity index (χ2n) is 6.83. The molecule has 1 aromatic carbocycles. The van der Waals surface area contributed by atoms with Crippen LogP contribution in [0.5, 0.6) is 0 Å². The molecule has 1 aliphatic heterocycles. The molecular formula is C20H22N4O2S2. The van der Waals surface area contributed by atoms with E-state index in [2.05, 4.69) is 34.1 Å². The van der Waals surface area contributed by atoms with E-state index in [-0.39, 0.29) is 11.5 Å². The van der Waals surface area contributed by atoms with Gasteiger partial charge in [-0.1, -0.05) is 42.1 Å². The molecule has 0 saturated carbocycles. The van der Waals surface area contributed by atoms with Gasteiger partial charge in [-0.05, 0) is 17.0 Å². The third kappa shape index (κ3) is 4.14. The topological polar surface area (TPSA) is 58.4 Å². The Morgan fingerprint density at radius 2 is 1.89 bits per heavy atom. The number of rotatable bonds is 5. The van der Waals surface area contributed by atoms with Crippen molar-refractivity contribution in [3.05, 3.63) is 57.7 Å². The molecule has 0 unspecified atom stereocenters. The molecule has 28 heavy (non-hydrogen) atoms. The first kappa shape index (κ1) is 19.2. The lowest BCUT2D eigenvalue weighted by Crippen LogP contribution is -2.48.